The van der Waals surface area contributed by atoms with Crippen molar-refractivity contribution in [2.24, 2.45) is 0 Å². The number of aromatic hydroxyl groups is 1. The Labute approximate surface area is 225 Å². The Hall–Kier alpha value is -4.55. The monoisotopic (exact) mass is 521 g/mol. The predicted molar refractivity (Wildman–Crippen MR) is 146 cm³/mol. The number of aromatic nitrogens is 2. The molecule has 1 unspecified atom stereocenters. The van der Waals surface area contributed by atoms with Crippen LogP contribution in [0.3, 0.4) is 0 Å². The van der Waals surface area contributed by atoms with Gasteiger partial charge in [0, 0.05) is 22.7 Å². The third-order valence-corrected chi connectivity index (χ3v) is 6.96. The number of carbonyl (C=O) groups is 1. The molecule has 2 heterocycles. The quantitative estimate of drug-likeness (QED) is 0.248. The minimum Gasteiger partial charge on any atom is -0.507 e. The second-order valence-electron chi connectivity index (χ2n) is 9.19. The summed E-state index contributed by atoms with van der Waals surface area (Å²) in [5, 5.41) is 18.6. The van der Waals surface area contributed by atoms with Gasteiger partial charge in [-0.05, 0) is 53.1 Å². The van der Waals surface area contributed by atoms with E-state index in [9.17, 15) is 9.90 Å². The maximum atomic E-state index is 13.7. The fourth-order valence-corrected chi connectivity index (χ4v) is 5.01. The lowest BCUT2D eigenvalue weighted by Gasteiger charge is -2.27. The predicted octanol–water partition coefficient (Wildman–Crippen LogP) is 6.76. The Kier molecular flexibility index (Phi) is 6.32. The first-order chi connectivity index (χ1) is 18.6. The molecule has 2 N–H and O–H groups in total. The maximum absolute atomic E-state index is 13.7. The number of benzene rings is 4. The molecule has 0 saturated carbocycles. The number of H-pyrrole nitrogens is 1. The summed E-state index contributed by atoms with van der Waals surface area (Å²) in [5.41, 5.74) is 5.15. The number of phenolic OH excluding ortho intramolecular Hbond substituents is 1. The second kappa shape index (κ2) is 10.1. The molecule has 4 aromatic carbocycles. The molecule has 38 heavy (non-hydrogen) atoms. The highest BCUT2D eigenvalue weighted by Gasteiger charge is 2.42. The summed E-state index contributed by atoms with van der Waals surface area (Å²) >= 11 is 6.10. The molecule has 6 rings (SSSR count). The van der Waals surface area contributed by atoms with Crippen molar-refractivity contribution >= 4 is 17.5 Å². The number of rotatable bonds is 7. The van der Waals surface area contributed by atoms with Crippen LogP contribution >= 0.6 is 11.6 Å². The molecule has 1 aromatic heterocycles. The van der Waals surface area contributed by atoms with Gasteiger partial charge >= 0.3 is 0 Å². The van der Waals surface area contributed by atoms with Gasteiger partial charge in [0.1, 0.15) is 29.5 Å². The first-order valence-electron chi connectivity index (χ1n) is 12.3. The van der Waals surface area contributed by atoms with E-state index in [2.05, 4.69) is 10.2 Å². The SMILES string of the molecule is O=C1c2[nH]nc(-c3ccccc3O)c2C(c2cccc(OCc3ccccc3)c2)N1Cc1ccc(Cl)cc1. The Morgan fingerprint density at radius 1 is 0.895 bits per heavy atom. The zero-order chi connectivity index (χ0) is 26.1. The van der Waals surface area contributed by atoms with Crippen LogP contribution in [0.5, 0.6) is 11.5 Å². The van der Waals surface area contributed by atoms with Crippen LogP contribution in [0.1, 0.15) is 38.8 Å². The summed E-state index contributed by atoms with van der Waals surface area (Å²) in [7, 11) is 0. The van der Waals surface area contributed by atoms with Gasteiger partial charge in [-0.1, -0.05) is 78.3 Å². The normalized spacial score (nSPS) is 14.5. The van der Waals surface area contributed by atoms with Gasteiger partial charge in [-0.3, -0.25) is 9.89 Å². The number of nitrogens with zero attached hydrogens (tertiary/aromatic N) is 2. The van der Waals surface area contributed by atoms with Crippen LogP contribution in [0, 0.1) is 0 Å². The summed E-state index contributed by atoms with van der Waals surface area (Å²) in [4.78, 5) is 15.5. The van der Waals surface area contributed by atoms with E-state index in [0.29, 0.717) is 40.9 Å². The van der Waals surface area contributed by atoms with Gasteiger partial charge < -0.3 is 14.7 Å². The molecule has 188 valence electrons. The number of aromatic amines is 1. The average molecular weight is 522 g/mol. The van der Waals surface area contributed by atoms with Crippen molar-refractivity contribution in [1.29, 1.82) is 0 Å². The van der Waals surface area contributed by atoms with Gasteiger partial charge in [-0.25, -0.2) is 0 Å². The van der Waals surface area contributed by atoms with Crippen LogP contribution in [0.25, 0.3) is 11.3 Å². The Balaban J connectivity index is 1.41. The number of halogens is 1. The molecule has 1 amide bonds. The molecule has 0 fully saturated rings. The van der Waals surface area contributed by atoms with Gasteiger partial charge in [0.25, 0.3) is 5.91 Å². The Bertz CT molecular complexity index is 1600. The van der Waals surface area contributed by atoms with Crippen LogP contribution in [0.15, 0.2) is 103 Å². The van der Waals surface area contributed by atoms with Crippen LogP contribution in [0.4, 0.5) is 0 Å². The summed E-state index contributed by atoms with van der Waals surface area (Å²) < 4.78 is 6.11. The molecular formula is C31H24ClN3O3. The topological polar surface area (TPSA) is 78.5 Å². The molecule has 1 aliphatic heterocycles. The molecule has 0 radical (unpaired) electrons. The first kappa shape index (κ1) is 23.8. The molecule has 0 bridgehead atoms. The molecule has 0 spiro atoms. The van der Waals surface area contributed by atoms with Crippen molar-refractivity contribution in [3.8, 4) is 22.8 Å². The highest BCUT2D eigenvalue weighted by Crippen LogP contribution is 2.45. The molecular weight excluding hydrogens is 498 g/mol. The Morgan fingerprint density at radius 3 is 2.45 bits per heavy atom. The zero-order valence-corrected chi connectivity index (χ0v) is 21.1. The molecule has 6 nitrogen and oxygen atoms in total. The Morgan fingerprint density at radius 2 is 1.66 bits per heavy atom. The van der Waals surface area contributed by atoms with Crippen LogP contribution in [-0.4, -0.2) is 26.1 Å². The third-order valence-electron chi connectivity index (χ3n) is 6.71. The number of carbonyl (C=O) groups excluding carboxylic acids is 1. The summed E-state index contributed by atoms with van der Waals surface area (Å²) in [6, 6.07) is 31.8. The van der Waals surface area contributed by atoms with E-state index in [-0.39, 0.29) is 11.7 Å². The van der Waals surface area contributed by atoms with Crippen LogP contribution in [-0.2, 0) is 13.2 Å². The van der Waals surface area contributed by atoms with Gasteiger partial charge in [0.2, 0.25) is 0 Å². The van der Waals surface area contributed by atoms with Crippen molar-refractivity contribution in [2.45, 2.75) is 19.2 Å². The third kappa shape index (κ3) is 4.51. The second-order valence-corrected chi connectivity index (χ2v) is 9.62. The van der Waals surface area contributed by atoms with Crippen molar-refractivity contribution in [2.75, 3.05) is 0 Å². The number of nitrogens with one attached hydrogen (secondary N) is 1. The number of para-hydroxylation sites is 1. The number of amides is 1. The lowest BCUT2D eigenvalue weighted by atomic mass is 9.95. The highest BCUT2D eigenvalue weighted by atomic mass is 35.5. The fraction of sp³-hybridized carbons (Fsp3) is 0.0968. The number of ether oxygens (including phenoxy) is 1. The van der Waals surface area contributed by atoms with E-state index in [1.165, 1.54) is 0 Å². The van der Waals surface area contributed by atoms with Crippen LogP contribution < -0.4 is 4.74 Å². The molecule has 0 aliphatic carbocycles. The number of hydrogen-bond acceptors (Lipinski definition) is 4. The summed E-state index contributed by atoms with van der Waals surface area (Å²) in [6.45, 7) is 0.807. The first-order valence-corrected chi connectivity index (χ1v) is 12.6. The summed E-state index contributed by atoms with van der Waals surface area (Å²) in [6.07, 6.45) is 0. The van der Waals surface area contributed by atoms with E-state index in [0.717, 1.165) is 22.3 Å². The minimum atomic E-state index is -0.443. The van der Waals surface area contributed by atoms with Crippen molar-refractivity contribution in [3.63, 3.8) is 0 Å². The highest BCUT2D eigenvalue weighted by molar-refractivity contribution is 6.30. The van der Waals surface area contributed by atoms with Gasteiger partial charge in [-0.2, -0.15) is 5.10 Å². The van der Waals surface area contributed by atoms with E-state index in [4.69, 9.17) is 16.3 Å². The van der Waals surface area contributed by atoms with E-state index in [1.807, 2.05) is 89.8 Å². The molecule has 5 aromatic rings. The fourth-order valence-electron chi connectivity index (χ4n) is 4.89. The zero-order valence-electron chi connectivity index (χ0n) is 20.3. The lowest BCUT2D eigenvalue weighted by Crippen LogP contribution is -2.29. The number of phenols is 1. The van der Waals surface area contributed by atoms with E-state index < -0.39 is 6.04 Å². The minimum absolute atomic E-state index is 0.101. The smallest absolute Gasteiger partial charge is 0.273 e. The van der Waals surface area contributed by atoms with E-state index >= 15 is 0 Å². The molecule has 0 saturated heterocycles. The summed E-state index contributed by atoms with van der Waals surface area (Å²) in [5.74, 6) is 0.639. The number of hydrogen-bond donors (Lipinski definition) is 2. The largest absolute Gasteiger partial charge is 0.507 e. The van der Waals surface area contributed by atoms with Crippen LogP contribution in [0.2, 0.25) is 5.02 Å². The lowest BCUT2D eigenvalue weighted by molar-refractivity contribution is 0.0730. The molecule has 7 heteroatoms. The standard InChI is InChI=1S/C31H24ClN3O3/c32-23-15-13-20(14-16-23)18-35-30(22-9-6-10-24(17-22)38-19-21-7-2-1-3-8-21)27-28(33-34-29(27)31(35)37)25-11-4-5-12-26(25)36/h1-17,30,36H,18-19H2,(H,33,34). The van der Waals surface area contributed by atoms with Crippen molar-refractivity contribution < 1.29 is 14.6 Å². The van der Waals surface area contributed by atoms with Gasteiger partial charge in [0.15, 0.2) is 0 Å². The average Bonchev–Trinajstić information content (AvgIpc) is 3.48. The van der Waals surface area contributed by atoms with Gasteiger partial charge in [0.05, 0.1) is 6.04 Å². The van der Waals surface area contributed by atoms with Gasteiger partial charge in [-0.15, -0.1) is 0 Å². The van der Waals surface area contributed by atoms with Crippen molar-refractivity contribution in [1.82, 2.24) is 15.1 Å². The molecule has 1 atom stereocenters. The van der Waals surface area contributed by atoms with Crippen molar-refractivity contribution in [3.05, 3.63) is 136 Å². The van der Waals surface area contributed by atoms with E-state index in [1.54, 1.807) is 18.2 Å². The number of fused-ring (bicyclic) bond motifs is 1. The maximum Gasteiger partial charge on any atom is 0.273 e. The molecule has 1 aliphatic rings.